The zero-order valence-electron chi connectivity index (χ0n) is 2.42. The number of rotatable bonds is 1. The highest BCUT2D eigenvalue weighted by atomic mass is 32.2. The predicted octanol–water partition coefficient (Wildman–Crippen LogP) is -1.76. The molecule has 0 aliphatic carbocycles. The summed E-state index contributed by atoms with van der Waals surface area (Å²) in [4.78, 5) is 0. The van der Waals surface area contributed by atoms with Gasteiger partial charge in [0, 0.05) is 4.28 Å². The van der Waals surface area contributed by atoms with Crippen LogP contribution in [0.3, 0.4) is 0 Å². The van der Waals surface area contributed by atoms with E-state index < -0.39 is 11.4 Å². The van der Waals surface area contributed by atoms with Crippen molar-refractivity contribution in [1.29, 1.82) is 0 Å². The van der Waals surface area contributed by atoms with E-state index in [0.29, 0.717) is 0 Å². The van der Waals surface area contributed by atoms with Crippen LogP contribution in [-0.2, 0) is 19.9 Å². The molecule has 0 radical (unpaired) electrons. The van der Waals surface area contributed by atoms with E-state index in [9.17, 15) is 4.21 Å². The van der Waals surface area contributed by atoms with Gasteiger partial charge in [0.1, 0.15) is 0 Å². The lowest BCUT2D eigenvalue weighted by atomic mass is 13.6. The molecule has 1 atom stereocenters. The van der Waals surface area contributed by atoms with Gasteiger partial charge in [0.15, 0.2) is 0 Å². The Morgan fingerprint density at radius 1 is 2.00 bits per heavy atom. The molecule has 0 spiro atoms. The normalized spacial score (nSPS) is 14.8. The standard InChI is InChI=1S/H3NO3S/c1-4-5(2)3/h1H3/p+2. The highest BCUT2D eigenvalue weighted by molar-refractivity contribution is 7.73. The minimum atomic E-state index is -2.46. The zero-order chi connectivity index (χ0) is 4.28. The first-order valence-corrected chi connectivity index (χ1v) is 1.98. The first-order valence-electron chi connectivity index (χ1n) is 0.854. The molecule has 0 aliphatic heterocycles. The van der Waals surface area contributed by atoms with E-state index in [-0.39, 0.29) is 0 Å². The SMILES string of the molecule is [NH3+]O[SH+](=O)O. The van der Waals surface area contributed by atoms with Gasteiger partial charge in [-0.25, -0.2) is 0 Å². The van der Waals surface area contributed by atoms with Gasteiger partial charge < -0.3 is 0 Å². The quantitative estimate of drug-likeness (QED) is 0.232. The maximum atomic E-state index is 9.23. The molecule has 4 nitrogen and oxygen atoms in total. The third-order valence-electron chi connectivity index (χ3n) is 0.110. The summed E-state index contributed by atoms with van der Waals surface area (Å²) < 4.78 is 20.4. The van der Waals surface area contributed by atoms with E-state index in [1.165, 1.54) is 0 Å². The average Bonchev–Trinajstić information content (AvgIpc) is 1.38. The Labute approximate surface area is 31.4 Å². The van der Waals surface area contributed by atoms with Gasteiger partial charge in [-0.2, -0.15) is 10.4 Å². The van der Waals surface area contributed by atoms with Gasteiger partial charge in [-0.05, 0) is 4.21 Å². The number of quaternary nitrogens is 1. The van der Waals surface area contributed by atoms with Crippen molar-refractivity contribution in [3.8, 4) is 0 Å². The van der Waals surface area contributed by atoms with Gasteiger partial charge in [0.05, 0.1) is 0 Å². The first kappa shape index (κ1) is 5.03. The highest BCUT2D eigenvalue weighted by Gasteiger charge is 1.89. The summed E-state index contributed by atoms with van der Waals surface area (Å²) in [5.74, 6) is 2.65. The Balaban J connectivity index is 2.85. The molecule has 4 N–H and O–H groups in total. The molecule has 0 heterocycles. The minimum Gasteiger partial charge on any atom is -0.159 e. The molecule has 0 aromatic carbocycles. The van der Waals surface area contributed by atoms with E-state index in [1.54, 1.807) is 0 Å². The topological polar surface area (TPSA) is 74.2 Å². The van der Waals surface area contributed by atoms with Crippen molar-refractivity contribution < 1.29 is 18.9 Å². The minimum absolute atomic E-state index is 2.46. The lowest BCUT2D eigenvalue weighted by Crippen LogP contribution is -2.49. The van der Waals surface area contributed by atoms with E-state index in [4.69, 9.17) is 4.55 Å². The predicted molar refractivity (Wildman–Crippen MR) is 16.0 cm³/mol. The summed E-state index contributed by atoms with van der Waals surface area (Å²) in [6.45, 7) is 0. The molecule has 0 rings (SSSR count). The lowest BCUT2D eigenvalue weighted by molar-refractivity contribution is -0.635. The monoisotopic (exact) mass is 99.0 g/mol. The fraction of sp³-hybridized carbons (Fsp3) is 0. The summed E-state index contributed by atoms with van der Waals surface area (Å²) in [6, 6.07) is 0. The molecule has 0 amide bonds. The molecule has 0 aromatic heterocycles. The van der Waals surface area contributed by atoms with Gasteiger partial charge in [0.2, 0.25) is 0 Å². The van der Waals surface area contributed by atoms with Crippen molar-refractivity contribution in [2.75, 3.05) is 0 Å². The fourth-order valence-corrected chi connectivity index (χ4v) is 0. The molecule has 32 valence electrons. The summed E-state index contributed by atoms with van der Waals surface area (Å²) in [5, 5.41) is 0. The molecular formula is H5NO3S+2. The Morgan fingerprint density at radius 3 is 2.20 bits per heavy atom. The van der Waals surface area contributed by atoms with Crippen molar-refractivity contribution in [2.24, 2.45) is 0 Å². The second kappa shape index (κ2) is 2.28. The third kappa shape index (κ3) is 4.03. The Hall–Kier alpha value is 0.0300. The number of hydrogen-bond donors (Lipinski definition) is 2. The molecule has 5 heteroatoms. The molecule has 0 fully saturated rings. The second-order valence-electron chi connectivity index (χ2n) is 0.367. The molecule has 0 saturated carbocycles. The molecule has 5 heavy (non-hydrogen) atoms. The average molecular weight is 99.1 g/mol. The maximum absolute atomic E-state index is 9.23. The van der Waals surface area contributed by atoms with Gasteiger partial charge in [-0.15, -0.1) is 0 Å². The lowest BCUT2D eigenvalue weighted by Gasteiger charge is -1.62. The molecule has 1 unspecified atom stereocenters. The van der Waals surface area contributed by atoms with Gasteiger partial charge in [-0.3, -0.25) is 0 Å². The van der Waals surface area contributed by atoms with Crippen LogP contribution in [0.4, 0.5) is 0 Å². The van der Waals surface area contributed by atoms with Crippen LogP contribution in [0, 0.1) is 0 Å². The van der Waals surface area contributed by atoms with Crippen LogP contribution in [0.5, 0.6) is 0 Å². The molecule has 0 saturated heterocycles. The fourth-order valence-electron chi connectivity index (χ4n) is 0. The van der Waals surface area contributed by atoms with Crippen LogP contribution in [0.25, 0.3) is 0 Å². The maximum Gasteiger partial charge on any atom is 0.397 e. The van der Waals surface area contributed by atoms with Crippen molar-refractivity contribution in [3.05, 3.63) is 0 Å². The van der Waals surface area contributed by atoms with Crippen molar-refractivity contribution in [1.82, 2.24) is 0 Å². The van der Waals surface area contributed by atoms with Crippen molar-refractivity contribution in [2.45, 2.75) is 0 Å². The highest BCUT2D eigenvalue weighted by Crippen LogP contribution is 1.57. The van der Waals surface area contributed by atoms with Gasteiger partial charge >= 0.3 is 11.4 Å². The summed E-state index contributed by atoms with van der Waals surface area (Å²) in [6.07, 6.45) is 0. The Morgan fingerprint density at radius 2 is 2.20 bits per heavy atom. The molecule has 0 aliphatic rings. The Bertz CT molecular complexity index is 42.2. The summed E-state index contributed by atoms with van der Waals surface area (Å²) in [7, 11) is 0. The van der Waals surface area contributed by atoms with Crippen LogP contribution < -0.4 is 5.90 Å². The summed E-state index contributed by atoms with van der Waals surface area (Å²) in [5.41, 5.74) is 0. The van der Waals surface area contributed by atoms with Crippen molar-refractivity contribution in [3.63, 3.8) is 0 Å². The van der Waals surface area contributed by atoms with Crippen molar-refractivity contribution >= 4 is 11.4 Å². The zero-order valence-corrected chi connectivity index (χ0v) is 3.31. The molecule has 0 bridgehead atoms. The van der Waals surface area contributed by atoms with Crippen LogP contribution in [0.15, 0.2) is 0 Å². The van der Waals surface area contributed by atoms with E-state index >= 15 is 0 Å². The Kier molecular flexibility index (Phi) is 2.29. The van der Waals surface area contributed by atoms with E-state index in [0.717, 1.165) is 0 Å². The van der Waals surface area contributed by atoms with E-state index in [1.807, 2.05) is 0 Å². The van der Waals surface area contributed by atoms with Gasteiger partial charge in [-0.1, -0.05) is 0 Å². The molecule has 0 aromatic rings. The third-order valence-corrected chi connectivity index (χ3v) is 0.331. The first-order chi connectivity index (χ1) is 2.27. The van der Waals surface area contributed by atoms with E-state index in [2.05, 4.69) is 10.2 Å². The van der Waals surface area contributed by atoms with Crippen LogP contribution >= 0.6 is 0 Å². The largest absolute Gasteiger partial charge is 0.397 e. The molecular weight excluding hydrogens is 94.1 g/mol. The number of hydrogen-bond acceptors (Lipinski definition) is 2. The smallest absolute Gasteiger partial charge is 0.159 e. The second-order valence-corrected chi connectivity index (χ2v) is 1.10. The van der Waals surface area contributed by atoms with Crippen LogP contribution in [0.2, 0.25) is 0 Å². The van der Waals surface area contributed by atoms with Crippen LogP contribution in [-0.4, -0.2) is 4.55 Å². The summed E-state index contributed by atoms with van der Waals surface area (Å²) >= 11 is -2.46. The van der Waals surface area contributed by atoms with Gasteiger partial charge in [0.25, 0.3) is 0 Å². The number of thiol groups is 1. The van der Waals surface area contributed by atoms with Crippen LogP contribution in [0.1, 0.15) is 0 Å².